The zero-order chi connectivity index (χ0) is 21.6. The smallest absolute Gasteiger partial charge is 0.255 e. The van der Waals surface area contributed by atoms with Gasteiger partial charge in [0.1, 0.15) is 11.5 Å². The van der Waals surface area contributed by atoms with Crippen molar-refractivity contribution in [2.24, 2.45) is 0 Å². The maximum atomic E-state index is 13.0. The highest BCUT2D eigenvalue weighted by Crippen LogP contribution is 2.26. The lowest BCUT2D eigenvalue weighted by Crippen LogP contribution is -2.31. The fourth-order valence-corrected chi connectivity index (χ4v) is 4.18. The normalized spacial score (nSPS) is 12.5. The van der Waals surface area contributed by atoms with Crippen molar-refractivity contribution in [3.05, 3.63) is 53.6 Å². The van der Waals surface area contributed by atoms with Crippen molar-refractivity contribution in [3.8, 4) is 11.5 Å². The van der Waals surface area contributed by atoms with E-state index in [1.807, 2.05) is 32.9 Å². The molecule has 2 N–H and O–H groups in total. The topological polar surface area (TPSA) is 93.7 Å². The monoisotopic (exact) mass is 420 g/mol. The van der Waals surface area contributed by atoms with Gasteiger partial charge in [-0.2, -0.15) is 0 Å². The highest BCUT2D eigenvalue weighted by molar-refractivity contribution is 7.89. The van der Waals surface area contributed by atoms with E-state index in [1.165, 1.54) is 25.3 Å². The summed E-state index contributed by atoms with van der Waals surface area (Å²) in [6.45, 7) is 5.55. The minimum absolute atomic E-state index is 0.000771. The third kappa shape index (κ3) is 5.71. The van der Waals surface area contributed by atoms with E-state index in [1.54, 1.807) is 19.2 Å². The molecule has 0 aromatic heterocycles. The Kier molecular flexibility index (Phi) is 7.64. The number of sulfonamides is 1. The predicted octanol–water partition coefficient (Wildman–Crippen LogP) is 3.27. The molecule has 29 heavy (non-hydrogen) atoms. The van der Waals surface area contributed by atoms with Crippen molar-refractivity contribution in [2.75, 3.05) is 14.2 Å². The molecule has 2 aromatic rings. The fraction of sp³-hybridized carbons (Fsp3) is 0.381. The third-order valence-electron chi connectivity index (χ3n) is 4.37. The number of ether oxygens (including phenoxy) is 2. The Balaban J connectivity index is 2.34. The first kappa shape index (κ1) is 22.7. The molecule has 7 nitrogen and oxygen atoms in total. The molecule has 0 spiro atoms. The minimum Gasteiger partial charge on any atom is -0.497 e. The molecule has 8 heteroatoms. The number of hydrogen-bond acceptors (Lipinski definition) is 5. The molecule has 0 saturated carbocycles. The molecule has 1 amide bonds. The molecule has 2 aromatic carbocycles. The molecule has 0 heterocycles. The minimum atomic E-state index is -3.86. The van der Waals surface area contributed by atoms with E-state index in [0.717, 1.165) is 5.56 Å². The molecule has 1 unspecified atom stereocenters. The van der Waals surface area contributed by atoms with Crippen LogP contribution in [0.5, 0.6) is 11.5 Å². The van der Waals surface area contributed by atoms with Gasteiger partial charge in [0.15, 0.2) is 0 Å². The van der Waals surface area contributed by atoms with E-state index in [-0.39, 0.29) is 16.5 Å². The number of hydrogen-bond donors (Lipinski definition) is 2. The molecule has 0 aliphatic carbocycles. The number of rotatable bonds is 9. The van der Waals surface area contributed by atoms with Gasteiger partial charge in [0.25, 0.3) is 5.91 Å². The maximum Gasteiger partial charge on any atom is 0.255 e. The second-order valence-corrected chi connectivity index (χ2v) is 8.56. The maximum absolute atomic E-state index is 13.0. The summed E-state index contributed by atoms with van der Waals surface area (Å²) in [4.78, 5) is 12.5. The van der Waals surface area contributed by atoms with Crippen molar-refractivity contribution < 1.29 is 22.7 Å². The van der Waals surface area contributed by atoms with Crippen LogP contribution in [0.25, 0.3) is 0 Å². The second kappa shape index (κ2) is 9.76. The van der Waals surface area contributed by atoms with Gasteiger partial charge in [0.2, 0.25) is 10.0 Å². The van der Waals surface area contributed by atoms with E-state index in [0.29, 0.717) is 17.9 Å². The Morgan fingerprint density at radius 1 is 1.03 bits per heavy atom. The van der Waals surface area contributed by atoms with Gasteiger partial charge in [-0.25, -0.2) is 13.1 Å². The molecule has 0 saturated heterocycles. The Hall–Kier alpha value is -2.58. The molecule has 0 aliphatic rings. The third-order valence-corrected chi connectivity index (χ3v) is 5.84. The molecule has 0 aliphatic heterocycles. The van der Waals surface area contributed by atoms with Crippen LogP contribution in [0, 0.1) is 0 Å². The first-order valence-corrected chi connectivity index (χ1v) is 10.8. The lowest BCUT2D eigenvalue weighted by Gasteiger charge is -2.19. The van der Waals surface area contributed by atoms with Crippen LogP contribution in [-0.4, -0.2) is 34.6 Å². The highest BCUT2D eigenvalue weighted by atomic mass is 32.2. The highest BCUT2D eigenvalue weighted by Gasteiger charge is 2.23. The second-order valence-electron chi connectivity index (χ2n) is 6.85. The fourth-order valence-electron chi connectivity index (χ4n) is 2.85. The van der Waals surface area contributed by atoms with E-state index >= 15 is 0 Å². The summed E-state index contributed by atoms with van der Waals surface area (Å²) in [6.07, 6.45) is 0.558. The summed E-state index contributed by atoms with van der Waals surface area (Å²) < 4.78 is 39.1. The Bertz CT molecular complexity index is 940. The van der Waals surface area contributed by atoms with Crippen LogP contribution in [0.1, 0.15) is 49.2 Å². The first-order chi connectivity index (χ1) is 13.7. The van der Waals surface area contributed by atoms with Crippen molar-refractivity contribution in [2.45, 2.75) is 44.2 Å². The number of nitrogens with one attached hydrogen (secondary N) is 2. The van der Waals surface area contributed by atoms with Gasteiger partial charge >= 0.3 is 0 Å². The Morgan fingerprint density at radius 3 is 2.21 bits per heavy atom. The summed E-state index contributed by atoms with van der Waals surface area (Å²) in [5.74, 6) is 0.614. The van der Waals surface area contributed by atoms with Crippen LogP contribution in [0.2, 0.25) is 0 Å². The van der Waals surface area contributed by atoms with Crippen molar-refractivity contribution in [1.29, 1.82) is 0 Å². The zero-order valence-corrected chi connectivity index (χ0v) is 18.2. The summed E-state index contributed by atoms with van der Waals surface area (Å²) in [7, 11) is -0.851. The van der Waals surface area contributed by atoms with Crippen LogP contribution < -0.4 is 19.5 Å². The zero-order valence-electron chi connectivity index (χ0n) is 17.4. The van der Waals surface area contributed by atoms with Crippen LogP contribution in [0.15, 0.2) is 47.4 Å². The van der Waals surface area contributed by atoms with E-state index in [4.69, 9.17) is 9.47 Å². The number of benzene rings is 2. The average molecular weight is 421 g/mol. The van der Waals surface area contributed by atoms with E-state index < -0.39 is 22.0 Å². The van der Waals surface area contributed by atoms with Crippen LogP contribution in [0.3, 0.4) is 0 Å². The molecule has 0 fully saturated rings. The van der Waals surface area contributed by atoms with Crippen molar-refractivity contribution in [1.82, 2.24) is 10.0 Å². The Labute approximate surface area is 172 Å². The van der Waals surface area contributed by atoms with Gasteiger partial charge in [-0.15, -0.1) is 0 Å². The molecule has 0 bridgehead atoms. The van der Waals surface area contributed by atoms with Gasteiger partial charge in [0.05, 0.1) is 24.7 Å². The lowest BCUT2D eigenvalue weighted by atomic mass is 10.1. The molecular weight excluding hydrogens is 392 g/mol. The molecule has 158 valence electrons. The number of carbonyl (C=O) groups is 1. The summed E-state index contributed by atoms with van der Waals surface area (Å²) >= 11 is 0. The van der Waals surface area contributed by atoms with Crippen molar-refractivity contribution in [3.63, 3.8) is 0 Å². The first-order valence-electron chi connectivity index (χ1n) is 9.37. The lowest BCUT2D eigenvalue weighted by molar-refractivity contribution is 0.0940. The largest absolute Gasteiger partial charge is 0.497 e. The number of methoxy groups -OCH3 is 2. The van der Waals surface area contributed by atoms with Crippen LogP contribution in [0.4, 0.5) is 0 Å². The van der Waals surface area contributed by atoms with Gasteiger partial charge < -0.3 is 14.8 Å². The predicted molar refractivity (Wildman–Crippen MR) is 112 cm³/mol. The van der Waals surface area contributed by atoms with Gasteiger partial charge in [0, 0.05) is 12.1 Å². The van der Waals surface area contributed by atoms with Gasteiger partial charge in [-0.3, -0.25) is 4.79 Å². The van der Waals surface area contributed by atoms with Crippen LogP contribution >= 0.6 is 0 Å². The molecule has 1 atom stereocenters. The van der Waals surface area contributed by atoms with Crippen molar-refractivity contribution >= 4 is 15.9 Å². The summed E-state index contributed by atoms with van der Waals surface area (Å²) in [5.41, 5.74) is 0.990. The van der Waals surface area contributed by atoms with E-state index in [9.17, 15) is 13.2 Å². The summed E-state index contributed by atoms with van der Waals surface area (Å²) in [5, 5.41) is 2.76. The van der Waals surface area contributed by atoms with Crippen LogP contribution in [-0.2, 0) is 10.0 Å². The molecular formula is C21H28N2O5S. The molecule has 0 radical (unpaired) electrons. The molecule has 2 rings (SSSR count). The van der Waals surface area contributed by atoms with Gasteiger partial charge in [-0.1, -0.05) is 19.1 Å². The average Bonchev–Trinajstić information content (AvgIpc) is 2.71. The Morgan fingerprint density at radius 2 is 1.69 bits per heavy atom. The SMILES string of the molecule is CCC(NS(=O)(=O)c1ccc(OC)c(C(=O)NC(C)C)c1)c1ccc(OC)cc1. The number of amides is 1. The van der Waals surface area contributed by atoms with Gasteiger partial charge in [-0.05, 0) is 56.2 Å². The quantitative estimate of drug-likeness (QED) is 0.649. The summed E-state index contributed by atoms with van der Waals surface area (Å²) in [6, 6.07) is 11.0. The standard InChI is InChI=1S/C21H28N2O5S/c1-6-19(15-7-9-16(27-4)10-8-15)23-29(25,26)17-11-12-20(28-5)18(13-17)21(24)22-14(2)3/h7-14,19,23H,6H2,1-5H3,(H,22,24). The number of carbonyl (C=O) groups excluding carboxylic acids is 1. The van der Waals surface area contributed by atoms with E-state index in [2.05, 4.69) is 10.0 Å².